The van der Waals surface area contributed by atoms with Crippen LogP contribution in [0, 0.1) is 0 Å². The molecule has 0 unspecified atom stereocenters. The Morgan fingerprint density at radius 3 is 2.38 bits per heavy atom. The molecule has 0 saturated carbocycles. The molecule has 0 saturated heterocycles. The highest BCUT2D eigenvalue weighted by atomic mass is 16.5. The number of ether oxygens (including phenoxy) is 1. The minimum absolute atomic E-state index is 0.108. The highest BCUT2D eigenvalue weighted by Gasteiger charge is 2.10. The molecule has 5 nitrogen and oxygen atoms in total. The topological polar surface area (TPSA) is 58.6 Å². The number of hydrogen-bond acceptors (Lipinski definition) is 3. The van der Waals surface area contributed by atoms with Crippen LogP contribution < -0.4 is 10.1 Å². The van der Waals surface area contributed by atoms with Gasteiger partial charge in [0.05, 0.1) is 6.61 Å². The molecular weight excluding hydrogens is 304 g/mol. The van der Waals surface area contributed by atoms with Crippen LogP contribution in [-0.4, -0.2) is 37.4 Å². The van der Waals surface area contributed by atoms with Gasteiger partial charge in [0.1, 0.15) is 5.75 Å². The van der Waals surface area contributed by atoms with Crippen LogP contribution in [0.3, 0.4) is 0 Å². The third kappa shape index (κ3) is 4.59. The molecule has 2 aromatic rings. The van der Waals surface area contributed by atoms with E-state index in [1.165, 1.54) is 4.90 Å². The van der Waals surface area contributed by atoms with E-state index in [0.29, 0.717) is 23.4 Å². The molecule has 2 aromatic carbocycles. The summed E-state index contributed by atoms with van der Waals surface area (Å²) in [5.74, 6) is 0.405. The van der Waals surface area contributed by atoms with Crippen LogP contribution in [0.25, 0.3) is 0 Å². The monoisotopic (exact) mass is 326 g/mol. The second kappa shape index (κ2) is 8.15. The van der Waals surface area contributed by atoms with Crippen LogP contribution in [-0.2, 0) is 0 Å². The van der Waals surface area contributed by atoms with E-state index in [2.05, 4.69) is 5.32 Å². The fourth-order valence-corrected chi connectivity index (χ4v) is 2.11. The number of carbonyl (C=O) groups excluding carboxylic acids is 2. The smallest absolute Gasteiger partial charge is 0.255 e. The van der Waals surface area contributed by atoms with Gasteiger partial charge in [-0.05, 0) is 48.9 Å². The number of anilines is 1. The highest BCUT2D eigenvalue weighted by molar-refractivity contribution is 6.05. The van der Waals surface area contributed by atoms with Crippen molar-refractivity contribution in [3.8, 4) is 5.75 Å². The van der Waals surface area contributed by atoms with Gasteiger partial charge < -0.3 is 15.0 Å². The highest BCUT2D eigenvalue weighted by Crippen LogP contribution is 2.16. The van der Waals surface area contributed by atoms with Crippen LogP contribution in [0.5, 0.6) is 5.75 Å². The first-order valence-electron chi connectivity index (χ1n) is 7.87. The van der Waals surface area contributed by atoms with E-state index < -0.39 is 0 Å². The summed E-state index contributed by atoms with van der Waals surface area (Å²) in [6, 6.07) is 13.9. The maximum atomic E-state index is 12.3. The summed E-state index contributed by atoms with van der Waals surface area (Å²) in [5, 5.41) is 2.80. The van der Waals surface area contributed by atoms with Crippen molar-refractivity contribution in [2.75, 3.05) is 26.0 Å². The Morgan fingerprint density at radius 2 is 1.75 bits per heavy atom. The Morgan fingerprint density at radius 1 is 1.04 bits per heavy atom. The van der Waals surface area contributed by atoms with Crippen LogP contribution in [0.15, 0.2) is 48.5 Å². The van der Waals surface area contributed by atoms with Crippen molar-refractivity contribution in [2.24, 2.45) is 0 Å². The zero-order chi connectivity index (χ0) is 17.5. The molecule has 0 aliphatic heterocycles. The number of nitrogens with one attached hydrogen (secondary N) is 1. The Bertz CT molecular complexity index is 709. The molecule has 0 aliphatic rings. The average Bonchev–Trinajstić information content (AvgIpc) is 2.59. The number of nitrogens with zero attached hydrogens (tertiary/aromatic N) is 1. The second-order valence-electron chi connectivity index (χ2n) is 5.61. The fourth-order valence-electron chi connectivity index (χ4n) is 2.11. The summed E-state index contributed by atoms with van der Waals surface area (Å²) < 4.78 is 5.50. The van der Waals surface area contributed by atoms with Crippen molar-refractivity contribution in [1.82, 2.24) is 4.90 Å². The number of rotatable bonds is 6. The molecule has 126 valence electrons. The van der Waals surface area contributed by atoms with E-state index in [0.717, 1.165) is 12.2 Å². The van der Waals surface area contributed by atoms with Crippen molar-refractivity contribution >= 4 is 17.5 Å². The van der Waals surface area contributed by atoms with Crippen molar-refractivity contribution in [1.29, 1.82) is 0 Å². The molecule has 0 bridgehead atoms. The Hall–Kier alpha value is -2.82. The predicted octanol–water partition coefficient (Wildman–Crippen LogP) is 3.43. The average molecular weight is 326 g/mol. The zero-order valence-corrected chi connectivity index (χ0v) is 14.2. The molecule has 5 heteroatoms. The lowest BCUT2D eigenvalue weighted by atomic mass is 10.1. The molecule has 0 radical (unpaired) electrons. The predicted molar refractivity (Wildman–Crippen MR) is 94.6 cm³/mol. The van der Waals surface area contributed by atoms with Crippen LogP contribution in [0.2, 0.25) is 0 Å². The largest absolute Gasteiger partial charge is 0.494 e. The molecule has 1 N–H and O–H groups in total. The molecule has 0 atom stereocenters. The summed E-state index contributed by atoms with van der Waals surface area (Å²) in [7, 11) is 3.38. The van der Waals surface area contributed by atoms with Crippen molar-refractivity contribution in [3.05, 3.63) is 59.7 Å². The molecule has 0 aliphatic carbocycles. The molecule has 0 aromatic heterocycles. The first-order chi connectivity index (χ1) is 11.5. The van der Waals surface area contributed by atoms with E-state index >= 15 is 0 Å². The van der Waals surface area contributed by atoms with Gasteiger partial charge in [-0.1, -0.05) is 13.0 Å². The summed E-state index contributed by atoms with van der Waals surface area (Å²) in [4.78, 5) is 25.8. The molecule has 2 rings (SSSR count). The second-order valence-corrected chi connectivity index (χ2v) is 5.61. The van der Waals surface area contributed by atoms with Crippen molar-refractivity contribution < 1.29 is 14.3 Å². The Kier molecular flexibility index (Phi) is 5.95. The van der Waals surface area contributed by atoms with Crippen molar-refractivity contribution in [2.45, 2.75) is 13.3 Å². The summed E-state index contributed by atoms with van der Waals surface area (Å²) in [5.41, 5.74) is 1.64. The Labute approximate surface area is 142 Å². The van der Waals surface area contributed by atoms with Gasteiger partial charge in [-0.3, -0.25) is 9.59 Å². The third-order valence-electron chi connectivity index (χ3n) is 3.36. The van der Waals surface area contributed by atoms with Gasteiger partial charge in [-0.15, -0.1) is 0 Å². The van der Waals surface area contributed by atoms with Crippen LogP contribution >= 0.6 is 0 Å². The van der Waals surface area contributed by atoms with Gasteiger partial charge in [0.25, 0.3) is 11.8 Å². The number of carbonyl (C=O) groups is 2. The molecule has 0 spiro atoms. The fraction of sp³-hybridized carbons (Fsp3) is 0.263. The van der Waals surface area contributed by atoms with E-state index in [1.54, 1.807) is 62.6 Å². The van der Waals surface area contributed by atoms with Crippen molar-refractivity contribution in [3.63, 3.8) is 0 Å². The van der Waals surface area contributed by atoms with Crippen LogP contribution in [0.1, 0.15) is 34.1 Å². The zero-order valence-electron chi connectivity index (χ0n) is 14.2. The first-order valence-corrected chi connectivity index (χ1v) is 7.87. The van der Waals surface area contributed by atoms with Gasteiger partial charge >= 0.3 is 0 Å². The first kappa shape index (κ1) is 17.5. The van der Waals surface area contributed by atoms with Gasteiger partial charge in [0.2, 0.25) is 0 Å². The molecule has 24 heavy (non-hydrogen) atoms. The normalized spacial score (nSPS) is 10.1. The molecule has 0 fully saturated rings. The minimum atomic E-state index is -0.230. The number of amides is 2. The van der Waals surface area contributed by atoms with E-state index in [1.807, 2.05) is 6.92 Å². The summed E-state index contributed by atoms with van der Waals surface area (Å²) >= 11 is 0. The lowest BCUT2D eigenvalue weighted by Gasteiger charge is -2.12. The minimum Gasteiger partial charge on any atom is -0.494 e. The molecule has 2 amide bonds. The summed E-state index contributed by atoms with van der Waals surface area (Å²) in [6.07, 6.45) is 0.935. The van der Waals surface area contributed by atoms with E-state index in [9.17, 15) is 9.59 Å². The van der Waals surface area contributed by atoms with Gasteiger partial charge in [-0.2, -0.15) is 0 Å². The lowest BCUT2D eigenvalue weighted by molar-refractivity contribution is 0.0827. The summed E-state index contributed by atoms with van der Waals surface area (Å²) in [6.45, 7) is 2.69. The standard InChI is InChI=1S/C19H22N2O3/c1-4-12-24-17-10-8-14(9-11-17)18(22)20-16-7-5-6-15(13-16)19(23)21(2)3/h5-11,13H,4,12H2,1-3H3,(H,20,22). The van der Waals surface area contributed by atoms with Gasteiger partial charge in [-0.25, -0.2) is 0 Å². The number of hydrogen-bond donors (Lipinski definition) is 1. The SMILES string of the molecule is CCCOc1ccc(C(=O)Nc2cccc(C(=O)N(C)C)c2)cc1. The van der Waals surface area contributed by atoms with E-state index in [4.69, 9.17) is 4.74 Å². The third-order valence-corrected chi connectivity index (χ3v) is 3.36. The lowest BCUT2D eigenvalue weighted by Crippen LogP contribution is -2.21. The molecular formula is C19H22N2O3. The van der Waals surface area contributed by atoms with E-state index in [-0.39, 0.29) is 11.8 Å². The van der Waals surface area contributed by atoms with Crippen LogP contribution in [0.4, 0.5) is 5.69 Å². The quantitative estimate of drug-likeness (QED) is 0.885. The van der Waals surface area contributed by atoms with Gasteiger partial charge in [0, 0.05) is 30.9 Å². The maximum absolute atomic E-state index is 12.3. The number of benzene rings is 2. The molecule has 0 heterocycles. The Balaban J connectivity index is 2.06. The maximum Gasteiger partial charge on any atom is 0.255 e. The van der Waals surface area contributed by atoms with Gasteiger partial charge in [0.15, 0.2) is 0 Å².